The van der Waals surface area contributed by atoms with Crippen LogP contribution in [-0.2, 0) is 6.42 Å². The van der Waals surface area contributed by atoms with Gasteiger partial charge in [0.05, 0.1) is 0 Å². The number of rotatable bonds is 7. The van der Waals surface area contributed by atoms with Crippen LogP contribution in [0.3, 0.4) is 0 Å². The molecule has 0 fully saturated rings. The van der Waals surface area contributed by atoms with E-state index in [0.717, 1.165) is 5.56 Å². The van der Waals surface area contributed by atoms with Crippen molar-refractivity contribution in [1.82, 2.24) is 10.2 Å². The van der Waals surface area contributed by atoms with E-state index in [2.05, 4.69) is 10.6 Å². The Bertz CT molecular complexity index is 743. The zero-order chi connectivity index (χ0) is 18.9. The van der Waals surface area contributed by atoms with Gasteiger partial charge in [-0.2, -0.15) is 0 Å². The maximum absolute atomic E-state index is 12.3. The smallest absolute Gasteiger partial charge is 0.319 e. The number of nitrogens with zero attached hydrogens (tertiary/aromatic N) is 1. The molecule has 0 spiro atoms. The topological polar surface area (TPSA) is 61.4 Å². The first kappa shape index (κ1) is 19.8. The standard InChI is InChI=1S/C20H24ClN3O2/c1-3-24(4-2)19(25)16-8-10-18(11-9-16)23-20(26)22-13-12-15-6-5-7-17(21)14-15/h5-11,14H,3-4,12-13H2,1-2H3,(H2,22,23,26). The summed E-state index contributed by atoms with van der Waals surface area (Å²) in [6, 6.07) is 14.2. The Hall–Kier alpha value is -2.53. The monoisotopic (exact) mass is 373 g/mol. The first-order valence-electron chi connectivity index (χ1n) is 8.72. The van der Waals surface area contributed by atoms with Crippen LogP contribution < -0.4 is 10.6 Å². The third-order valence-corrected chi connectivity index (χ3v) is 4.26. The lowest BCUT2D eigenvalue weighted by Gasteiger charge is -2.18. The average molecular weight is 374 g/mol. The molecule has 0 atom stereocenters. The summed E-state index contributed by atoms with van der Waals surface area (Å²) in [6.07, 6.45) is 0.700. The molecule has 0 heterocycles. The first-order valence-corrected chi connectivity index (χ1v) is 9.10. The second-order valence-electron chi connectivity index (χ2n) is 5.82. The zero-order valence-corrected chi connectivity index (χ0v) is 15.8. The number of halogens is 1. The van der Waals surface area contributed by atoms with Crippen LogP contribution >= 0.6 is 11.6 Å². The molecule has 26 heavy (non-hydrogen) atoms. The van der Waals surface area contributed by atoms with Crippen molar-refractivity contribution in [3.05, 3.63) is 64.7 Å². The number of hydrogen-bond acceptors (Lipinski definition) is 2. The summed E-state index contributed by atoms with van der Waals surface area (Å²) in [6.45, 7) is 5.75. The lowest BCUT2D eigenvalue weighted by Crippen LogP contribution is -2.31. The molecule has 0 aliphatic carbocycles. The summed E-state index contributed by atoms with van der Waals surface area (Å²) < 4.78 is 0. The fourth-order valence-corrected chi connectivity index (χ4v) is 2.79. The number of carbonyl (C=O) groups is 2. The normalized spacial score (nSPS) is 10.3. The maximum atomic E-state index is 12.3. The highest BCUT2D eigenvalue weighted by molar-refractivity contribution is 6.30. The Morgan fingerprint density at radius 3 is 2.35 bits per heavy atom. The molecule has 0 bridgehead atoms. The number of anilines is 1. The highest BCUT2D eigenvalue weighted by atomic mass is 35.5. The van der Waals surface area contributed by atoms with Crippen molar-refractivity contribution < 1.29 is 9.59 Å². The predicted molar refractivity (Wildman–Crippen MR) is 106 cm³/mol. The SMILES string of the molecule is CCN(CC)C(=O)c1ccc(NC(=O)NCCc2cccc(Cl)c2)cc1. The summed E-state index contributed by atoms with van der Waals surface area (Å²) in [5.74, 6) is -0.00692. The van der Waals surface area contributed by atoms with Crippen molar-refractivity contribution in [3.63, 3.8) is 0 Å². The molecule has 0 aliphatic heterocycles. The quantitative estimate of drug-likeness (QED) is 0.764. The van der Waals surface area contributed by atoms with Crippen molar-refractivity contribution in [3.8, 4) is 0 Å². The maximum Gasteiger partial charge on any atom is 0.319 e. The van der Waals surface area contributed by atoms with Crippen LogP contribution in [0.1, 0.15) is 29.8 Å². The molecule has 0 radical (unpaired) electrons. The van der Waals surface area contributed by atoms with Crippen LogP contribution in [-0.4, -0.2) is 36.5 Å². The van der Waals surface area contributed by atoms with Crippen LogP contribution in [0, 0.1) is 0 Å². The summed E-state index contributed by atoms with van der Waals surface area (Å²) in [4.78, 5) is 26.0. The van der Waals surface area contributed by atoms with E-state index in [1.165, 1.54) is 0 Å². The minimum absolute atomic E-state index is 0.00692. The van der Waals surface area contributed by atoms with Crippen LogP contribution in [0.5, 0.6) is 0 Å². The highest BCUT2D eigenvalue weighted by Gasteiger charge is 2.12. The van der Waals surface area contributed by atoms with Gasteiger partial charge in [-0.3, -0.25) is 4.79 Å². The van der Waals surface area contributed by atoms with Gasteiger partial charge < -0.3 is 15.5 Å². The molecule has 2 aromatic rings. The molecular formula is C20H24ClN3O2. The van der Waals surface area contributed by atoms with Gasteiger partial charge in [0, 0.05) is 35.9 Å². The molecule has 138 valence electrons. The fraction of sp³-hybridized carbons (Fsp3) is 0.300. The van der Waals surface area contributed by atoms with E-state index in [0.29, 0.717) is 42.3 Å². The fourth-order valence-electron chi connectivity index (χ4n) is 2.58. The minimum Gasteiger partial charge on any atom is -0.339 e. The van der Waals surface area contributed by atoms with Gasteiger partial charge in [-0.25, -0.2) is 4.79 Å². The molecule has 2 aromatic carbocycles. The molecule has 0 saturated carbocycles. The van der Waals surface area contributed by atoms with E-state index < -0.39 is 0 Å². The number of hydrogen-bond donors (Lipinski definition) is 2. The van der Waals surface area contributed by atoms with Gasteiger partial charge in [0.1, 0.15) is 0 Å². The Morgan fingerprint density at radius 1 is 1.04 bits per heavy atom. The summed E-state index contributed by atoms with van der Waals surface area (Å²) in [5, 5.41) is 6.25. The summed E-state index contributed by atoms with van der Waals surface area (Å²) >= 11 is 5.94. The van der Waals surface area contributed by atoms with Gasteiger partial charge >= 0.3 is 6.03 Å². The van der Waals surface area contributed by atoms with Crippen molar-refractivity contribution in [2.24, 2.45) is 0 Å². The van der Waals surface area contributed by atoms with Gasteiger partial charge in [-0.05, 0) is 62.2 Å². The highest BCUT2D eigenvalue weighted by Crippen LogP contribution is 2.12. The van der Waals surface area contributed by atoms with Crippen LogP contribution in [0.15, 0.2) is 48.5 Å². The molecule has 6 heteroatoms. The van der Waals surface area contributed by atoms with Gasteiger partial charge in [0.25, 0.3) is 5.91 Å². The molecule has 0 saturated heterocycles. The number of urea groups is 1. The number of nitrogens with one attached hydrogen (secondary N) is 2. The van der Waals surface area contributed by atoms with Crippen LogP contribution in [0.4, 0.5) is 10.5 Å². The van der Waals surface area contributed by atoms with Crippen molar-refractivity contribution in [1.29, 1.82) is 0 Å². The minimum atomic E-state index is -0.283. The van der Waals surface area contributed by atoms with Crippen LogP contribution in [0.2, 0.25) is 5.02 Å². The number of carbonyl (C=O) groups excluding carboxylic acids is 2. The molecule has 0 unspecified atom stereocenters. The van der Waals surface area contributed by atoms with Gasteiger partial charge in [-0.15, -0.1) is 0 Å². The van der Waals surface area contributed by atoms with Crippen LogP contribution in [0.25, 0.3) is 0 Å². The molecule has 3 amide bonds. The van der Waals surface area contributed by atoms with Crippen molar-refractivity contribution in [2.45, 2.75) is 20.3 Å². The lowest BCUT2D eigenvalue weighted by molar-refractivity contribution is 0.0773. The molecule has 0 aliphatic rings. The van der Waals surface area contributed by atoms with E-state index in [-0.39, 0.29) is 11.9 Å². The van der Waals surface area contributed by atoms with E-state index >= 15 is 0 Å². The third-order valence-electron chi connectivity index (χ3n) is 4.03. The average Bonchev–Trinajstić information content (AvgIpc) is 2.63. The second kappa shape index (κ2) is 9.82. The Balaban J connectivity index is 1.82. The summed E-state index contributed by atoms with van der Waals surface area (Å²) in [7, 11) is 0. The molecule has 0 aromatic heterocycles. The Labute approximate surface area is 159 Å². The Kier molecular flexibility index (Phi) is 7.48. The predicted octanol–water partition coefficient (Wildman–Crippen LogP) is 4.19. The van der Waals surface area contributed by atoms with E-state index in [1.807, 2.05) is 38.1 Å². The van der Waals surface area contributed by atoms with E-state index in [1.54, 1.807) is 29.2 Å². The molecule has 2 rings (SSSR count). The van der Waals surface area contributed by atoms with Gasteiger partial charge in [0.15, 0.2) is 0 Å². The van der Waals surface area contributed by atoms with E-state index in [9.17, 15) is 9.59 Å². The largest absolute Gasteiger partial charge is 0.339 e. The molecule has 5 nitrogen and oxygen atoms in total. The molecule has 2 N–H and O–H groups in total. The number of amides is 3. The zero-order valence-electron chi connectivity index (χ0n) is 15.1. The van der Waals surface area contributed by atoms with Crippen molar-refractivity contribution in [2.75, 3.05) is 25.0 Å². The lowest BCUT2D eigenvalue weighted by atomic mass is 10.1. The first-order chi connectivity index (χ1) is 12.5. The van der Waals surface area contributed by atoms with Crippen molar-refractivity contribution >= 4 is 29.2 Å². The van der Waals surface area contributed by atoms with Gasteiger partial charge in [0.2, 0.25) is 0 Å². The number of benzene rings is 2. The van der Waals surface area contributed by atoms with Gasteiger partial charge in [-0.1, -0.05) is 23.7 Å². The molecular weight excluding hydrogens is 350 g/mol. The third kappa shape index (κ3) is 5.77. The summed E-state index contributed by atoms with van der Waals surface area (Å²) in [5.41, 5.74) is 2.32. The van der Waals surface area contributed by atoms with E-state index in [4.69, 9.17) is 11.6 Å². The Morgan fingerprint density at radius 2 is 1.73 bits per heavy atom. The second-order valence-corrected chi connectivity index (χ2v) is 6.25.